The van der Waals surface area contributed by atoms with E-state index >= 15 is 0 Å². The lowest BCUT2D eigenvalue weighted by Crippen LogP contribution is -2.39. The van der Waals surface area contributed by atoms with E-state index in [0.29, 0.717) is 13.0 Å². The average Bonchev–Trinajstić information content (AvgIpc) is 2.99. The van der Waals surface area contributed by atoms with E-state index in [2.05, 4.69) is 62.4 Å². The number of hydrogen-bond donors (Lipinski definition) is 1. The maximum absolute atomic E-state index is 13.6. The number of Topliss-reactive ketones (excluding diaryl/α,β-unsaturated/α-hetero) is 1. The third-order valence-corrected chi connectivity index (χ3v) is 9.21. The largest absolute Gasteiger partial charge is 0.388 e. The van der Waals surface area contributed by atoms with Crippen LogP contribution in [0.25, 0.3) is 0 Å². The van der Waals surface area contributed by atoms with Crippen LogP contribution >= 0.6 is 23.5 Å². The smallest absolute Gasteiger partial charge is 0.164 e. The Labute approximate surface area is 252 Å². The van der Waals surface area contributed by atoms with Crippen LogP contribution in [0.5, 0.6) is 0 Å². The molecule has 0 amide bonds. The lowest BCUT2D eigenvalue weighted by Gasteiger charge is -2.24. The van der Waals surface area contributed by atoms with Gasteiger partial charge in [-0.3, -0.25) is 4.79 Å². The summed E-state index contributed by atoms with van der Waals surface area (Å²) in [6.07, 6.45) is -1.11. The van der Waals surface area contributed by atoms with Crippen LogP contribution in [0.1, 0.15) is 35.1 Å². The number of rotatable bonds is 16. The fourth-order valence-corrected chi connectivity index (χ4v) is 6.74. The molecule has 0 aliphatic rings. The van der Waals surface area contributed by atoms with E-state index in [4.69, 9.17) is 9.47 Å². The van der Waals surface area contributed by atoms with Crippen molar-refractivity contribution in [3.8, 4) is 0 Å². The number of hydrogen-bond acceptors (Lipinski definition) is 6. The molecule has 0 saturated heterocycles. The third kappa shape index (κ3) is 10.8. The highest BCUT2D eigenvalue weighted by molar-refractivity contribution is 8.17. The van der Waals surface area contributed by atoms with Gasteiger partial charge in [0.2, 0.25) is 0 Å². The van der Waals surface area contributed by atoms with Crippen molar-refractivity contribution in [2.24, 2.45) is 0 Å². The maximum atomic E-state index is 13.6. The molecule has 2 atom stereocenters. The molecule has 4 aromatic rings. The summed E-state index contributed by atoms with van der Waals surface area (Å²) in [6.45, 7) is 4.78. The monoisotopic (exact) mass is 586 g/mol. The quantitative estimate of drug-likeness (QED) is 0.106. The van der Waals surface area contributed by atoms with Crippen LogP contribution in [0.4, 0.5) is 0 Å². The SMILES string of the molecule is Cc1ccc(SC(CCC(=O)[C@@H](OCc2ccccc2)[C@H](O)COCc2ccccc2)Sc2ccc(C)cc2)cc1. The van der Waals surface area contributed by atoms with E-state index < -0.39 is 12.2 Å². The van der Waals surface area contributed by atoms with Crippen molar-refractivity contribution in [3.63, 3.8) is 0 Å². The van der Waals surface area contributed by atoms with Crippen LogP contribution in [0, 0.1) is 13.8 Å². The first-order valence-corrected chi connectivity index (χ1v) is 15.7. The fraction of sp³-hybridized carbons (Fsp3) is 0.286. The number of ether oxygens (including phenoxy) is 2. The van der Waals surface area contributed by atoms with E-state index in [1.54, 1.807) is 23.5 Å². The Bertz CT molecular complexity index is 1260. The zero-order valence-electron chi connectivity index (χ0n) is 23.6. The Kier molecular flexibility index (Phi) is 12.5. The first kappa shape index (κ1) is 31.1. The summed E-state index contributed by atoms with van der Waals surface area (Å²) in [6, 6.07) is 36.5. The van der Waals surface area contributed by atoms with Crippen LogP contribution in [-0.4, -0.2) is 34.3 Å². The molecule has 0 unspecified atom stereocenters. The van der Waals surface area contributed by atoms with Gasteiger partial charge in [0.15, 0.2) is 5.78 Å². The predicted molar refractivity (Wildman–Crippen MR) is 169 cm³/mol. The van der Waals surface area contributed by atoms with Crippen molar-refractivity contribution in [2.75, 3.05) is 6.61 Å². The van der Waals surface area contributed by atoms with Crippen molar-refractivity contribution in [3.05, 3.63) is 131 Å². The zero-order valence-corrected chi connectivity index (χ0v) is 25.3. The highest BCUT2D eigenvalue weighted by Crippen LogP contribution is 2.38. The van der Waals surface area contributed by atoms with Gasteiger partial charge in [0.25, 0.3) is 0 Å². The molecule has 0 fully saturated rings. The molecule has 4 nitrogen and oxygen atoms in total. The fourth-order valence-electron chi connectivity index (χ4n) is 4.22. The topological polar surface area (TPSA) is 55.8 Å². The summed E-state index contributed by atoms with van der Waals surface area (Å²) in [4.78, 5) is 15.9. The first-order valence-electron chi connectivity index (χ1n) is 13.9. The van der Waals surface area contributed by atoms with Gasteiger partial charge < -0.3 is 14.6 Å². The van der Waals surface area contributed by atoms with E-state index in [9.17, 15) is 9.90 Å². The molecule has 0 heterocycles. The van der Waals surface area contributed by atoms with Crippen molar-refractivity contribution in [1.29, 1.82) is 0 Å². The van der Waals surface area contributed by atoms with E-state index in [-0.39, 0.29) is 30.0 Å². The van der Waals surface area contributed by atoms with Gasteiger partial charge in [-0.1, -0.05) is 96.1 Å². The van der Waals surface area contributed by atoms with Gasteiger partial charge in [0.05, 0.1) is 24.4 Å². The average molecular weight is 587 g/mol. The van der Waals surface area contributed by atoms with Crippen molar-refractivity contribution in [1.82, 2.24) is 0 Å². The van der Waals surface area contributed by atoms with Gasteiger partial charge in [-0.25, -0.2) is 0 Å². The van der Waals surface area contributed by atoms with Gasteiger partial charge >= 0.3 is 0 Å². The number of aliphatic hydroxyl groups excluding tert-OH is 1. The molecule has 6 heteroatoms. The normalized spacial score (nSPS) is 12.8. The Hall–Kier alpha value is -2.87. The molecule has 0 saturated carbocycles. The van der Waals surface area contributed by atoms with E-state index in [1.807, 2.05) is 60.7 Å². The molecule has 0 radical (unpaired) electrons. The van der Waals surface area contributed by atoms with Gasteiger partial charge in [0.1, 0.15) is 12.2 Å². The number of aryl methyl sites for hydroxylation is 2. The molecule has 214 valence electrons. The summed E-state index contributed by atoms with van der Waals surface area (Å²) in [5.41, 5.74) is 4.39. The zero-order chi connectivity index (χ0) is 28.9. The van der Waals surface area contributed by atoms with Gasteiger partial charge in [-0.15, -0.1) is 23.5 Å². The minimum Gasteiger partial charge on any atom is -0.388 e. The number of aliphatic hydroxyl groups is 1. The summed E-state index contributed by atoms with van der Waals surface area (Å²) < 4.78 is 11.9. The van der Waals surface area contributed by atoms with Gasteiger partial charge in [-0.2, -0.15) is 0 Å². The molecule has 4 rings (SSSR count). The first-order chi connectivity index (χ1) is 20.0. The number of thioether (sulfide) groups is 2. The van der Waals surface area contributed by atoms with Crippen LogP contribution in [-0.2, 0) is 27.5 Å². The Morgan fingerprint density at radius 1 is 0.707 bits per heavy atom. The van der Waals surface area contributed by atoms with Crippen molar-refractivity contribution >= 4 is 29.3 Å². The number of carbonyl (C=O) groups is 1. The third-order valence-electron chi connectivity index (χ3n) is 6.54. The second-order valence-electron chi connectivity index (χ2n) is 10.1. The Morgan fingerprint density at radius 2 is 1.20 bits per heavy atom. The van der Waals surface area contributed by atoms with E-state index in [0.717, 1.165) is 11.1 Å². The lowest BCUT2D eigenvalue weighted by atomic mass is 10.1. The van der Waals surface area contributed by atoms with Crippen LogP contribution in [0.2, 0.25) is 0 Å². The summed E-state index contributed by atoms with van der Waals surface area (Å²) >= 11 is 3.53. The molecule has 0 aliphatic heterocycles. The Morgan fingerprint density at radius 3 is 1.71 bits per heavy atom. The summed E-state index contributed by atoms with van der Waals surface area (Å²) in [7, 11) is 0. The molecular formula is C35H38O4S2. The van der Waals surface area contributed by atoms with Crippen molar-refractivity contribution < 1.29 is 19.4 Å². The predicted octanol–water partition coefficient (Wildman–Crippen LogP) is 8.03. The summed E-state index contributed by atoms with van der Waals surface area (Å²) in [5.74, 6) is -0.115. The molecule has 0 spiro atoms. The van der Waals surface area contributed by atoms with Crippen LogP contribution in [0.3, 0.4) is 0 Å². The molecular weight excluding hydrogens is 549 g/mol. The Balaban J connectivity index is 1.41. The number of benzene rings is 4. The van der Waals surface area contributed by atoms with Gasteiger partial charge in [0, 0.05) is 16.2 Å². The molecule has 4 aromatic carbocycles. The summed E-state index contributed by atoms with van der Waals surface area (Å²) in [5, 5.41) is 11.0. The van der Waals surface area contributed by atoms with E-state index in [1.165, 1.54) is 20.9 Å². The number of carbonyl (C=O) groups excluding carboxylic acids is 1. The second-order valence-corrected chi connectivity index (χ2v) is 12.9. The lowest BCUT2D eigenvalue weighted by molar-refractivity contribution is -0.144. The molecule has 41 heavy (non-hydrogen) atoms. The maximum Gasteiger partial charge on any atom is 0.164 e. The van der Waals surface area contributed by atoms with Gasteiger partial charge in [-0.05, 0) is 55.7 Å². The second kappa shape index (κ2) is 16.5. The molecule has 1 N–H and O–H groups in total. The molecule has 0 aliphatic carbocycles. The molecule has 0 aromatic heterocycles. The highest BCUT2D eigenvalue weighted by Gasteiger charge is 2.29. The standard InChI is InChI=1S/C35H38O4S2/c1-26-13-17-30(18-14-26)40-34(41-31-19-15-27(2)16-20-31)22-21-32(36)35(39-24-29-11-7-4-8-12-29)33(37)25-38-23-28-9-5-3-6-10-28/h3-20,33-35,37H,21-25H2,1-2H3/t33-,35-/m1/s1. The minimum absolute atomic E-state index is 0.0136. The van der Waals surface area contributed by atoms with Crippen molar-refractivity contribution in [2.45, 2.75) is 66.5 Å². The van der Waals surface area contributed by atoms with Crippen LogP contribution < -0.4 is 0 Å². The van der Waals surface area contributed by atoms with Crippen LogP contribution in [0.15, 0.2) is 119 Å². The molecule has 0 bridgehead atoms. The minimum atomic E-state index is -1.07. The highest BCUT2D eigenvalue weighted by atomic mass is 32.2. The number of ketones is 1.